The number of nitrogens with zero attached hydrogens (tertiary/aromatic N) is 1. The van der Waals surface area contributed by atoms with Crippen LogP contribution in [0.15, 0.2) is 4.99 Å². The standard InChI is InChI=1S/C11H18N2O3.C2H6OS.Na/c1-4-6-7(3)11(5-2)8(14)12-10(16)13-9(11)15;3-1-2-4;/h7H,4-6H2,1-3H3,(H2,12,13,14,15,16);3-4H,1-2H2;/q;;+1/p-1. The number of aliphatic imine (C=N–C) groups is 1. The topological polar surface area (TPSA) is 102 Å². The second-order valence-electron chi connectivity index (χ2n) is 4.64. The van der Waals surface area contributed by atoms with E-state index in [9.17, 15) is 14.7 Å². The van der Waals surface area contributed by atoms with Crippen LogP contribution in [-0.2, 0) is 9.59 Å². The summed E-state index contributed by atoms with van der Waals surface area (Å²) in [6.07, 6.45) is 2.02. The van der Waals surface area contributed by atoms with Crippen LogP contribution in [0.3, 0.4) is 0 Å². The fourth-order valence-electron chi connectivity index (χ4n) is 2.30. The summed E-state index contributed by atoms with van der Waals surface area (Å²) in [5.74, 6) is -0.627. The maximum Gasteiger partial charge on any atom is 1.00 e. The molecule has 8 heteroatoms. The van der Waals surface area contributed by atoms with Gasteiger partial charge in [0.25, 0.3) is 5.91 Å². The molecule has 1 aliphatic rings. The van der Waals surface area contributed by atoms with Gasteiger partial charge in [0.1, 0.15) is 5.41 Å². The summed E-state index contributed by atoms with van der Waals surface area (Å²) in [7, 11) is 0. The minimum Gasteiger partial charge on any atom is -0.846 e. The number of carbonyl (C=O) groups excluding carboxylic acids is 2. The predicted molar refractivity (Wildman–Crippen MR) is 78.3 cm³/mol. The van der Waals surface area contributed by atoms with Crippen molar-refractivity contribution < 1.29 is 49.4 Å². The van der Waals surface area contributed by atoms with Crippen LogP contribution >= 0.6 is 12.6 Å². The monoisotopic (exact) mass is 326 g/mol. The van der Waals surface area contributed by atoms with Crippen molar-refractivity contribution in [2.75, 3.05) is 12.4 Å². The Labute approximate surface area is 153 Å². The summed E-state index contributed by atoms with van der Waals surface area (Å²) in [6, 6.07) is -0.845. The number of aliphatic hydroxyl groups excluding tert-OH is 1. The molecular weight excluding hydrogens is 303 g/mol. The molecule has 21 heavy (non-hydrogen) atoms. The SMILES string of the molecule is CCCC(C)C1(CC)C(=O)N=C([O-])NC1=O.OCCS.[Na+]. The van der Waals surface area contributed by atoms with Crippen LogP contribution in [0.2, 0.25) is 0 Å². The summed E-state index contributed by atoms with van der Waals surface area (Å²) >= 11 is 3.67. The Kier molecular flexibility index (Phi) is 12.7. The number of hydrogen-bond acceptors (Lipinski definition) is 5. The molecule has 1 aliphatic heterocycles. The summed E-state index contributed by atoms with van der Waals surface area (Å²) in [4.78, 5) is 27.1. The Morgan fingerprint density at radius 3 is 2.29 bits per heavy atom. The molecule has 0 spiro atoms. The molecule has 0 bridgehead atoms. The molecule has 0 aromatic heterocycles. The van der Waals surface area contributed by atoms with Gasteiger partial charge in [-0.15, -0.1) is 0 Å². The van der Waals surface area contributed by atoms with Gasteiger partial charge < -0.3 is 15.5 Å². The quantitative estimate of drug-likeness (QED) is 0.287. The minimum absolute atomic E-state index is 0. The molecule has 0 radical (unpaired) electrons. The zero-order valence-corrected chi connectivity index (χ0v) is 16.1. The maximum absolute atomic E-state index is 11.9. The second kappa shape index (κ2) is 11.5. The van der Waals surface area contributed by atoms with E-state index in [1.54, 1.807) is 6.92 Å². The van der Waals surface area contributed by atoms with Crippen molar-refractivity contribution in [2.24, 2.45) is 16.3 Å². The Bertz CT molecular complexity index is 377. The third-order valence-corrected chi connectivity index (χ3v) is 3.63. The van der Waals surface area contributed by atoms with E-state index in [2.05, 4.69) is 22.9 Å². The van der Waals surface area contributed by atoms with E-state index >= 15 is 0 Å². The molecular formula is C13H23N2NaO4S. The van der Waals surface area contributed by atoms with E-state index in [-0.39, 0.29) is 42.1 Å². The summed E-state index contributed by atoms with van der Waals surface area (Å²) in [6.45, 7) is 5.81. The van der Waals surface area contributed by atoms with Gasteiger partial charge in [0.05, 0.1) is 12.6 Å². The van der Waals surface area contributed by atoms with E-state index in [0.29, 0.717) is 12.2 Å². The molecule has 2 atom stereocenters. The molecule has 0 fully saturated rings. The van der Waals surface area contributed by atoms with Crippen molar-refractivity contribution >= 4 is 30.5 Å². The normalized spacial score (nSPS) is 22.2. The van der Waals surface area contributed by atoms with Gasteiger partial charge >= 0.3 is 29.6 Å². The zero-order valence-electron chi connectivity index (χ0n) is 13.2. The van der Waals surface area contributed by atoms with Crippen LogP contribution in [-0.4, -0.2) is 35.3 Å². The zero-order chi connectivity index (χ0) is 15.8. The number of amidine groups is 1. The van der Waals surface area contributed by atoms with Crippen LogP contribution in [0.1, 0.15) is 40.0 Å². The molecule has 0 saturated heterocycles. The van der Waals surface area contributed by atoms with Gasteiger partial charge in [-0.05, 0) is 18.8 Å². The molecule has 2 unspecified atom stereocenters. The van der Waals surface area contributed by atoms with Crippen LogP contribution in [0, 0.1) is 11.3 Å². The summed E-state index contributed by atoms with van der Waals surface area (Å²) < 4.78 is 0. The molecule has 2 N–H and O–H groups in total. The number of thiol groups is 1. The Hall–Kier alpha value is -0.0800. The van der Waals surface area contributed by atoms with E-state index in [1.165, 1.54) is 0 Å². The van der Waals surface area contributed by atoms with E-state index in [0.717, 1.165) is 12.8 Å². The van der Waals surface area contributed by atoms with Crippen molar-refractivity contribution in [2.45, 2.75) is 40.0 Å². The van der Waals surface area contributed by atoms with Crippen LogP contribution in [0.25, 0.3) is 0 Å². The fourth-order valence-corrected chi connectivity index (χ4v) is 2.30. The predicted octanol–water partition coefficient (Wildman–Crippen LogP) is -2.90. The van der Waals surface area contributed by atoms with Gasteiger partial charge in [0, 0.05) is 5.75 Å². The smallest absolute Gasteiger partial charge is 0.846 e. The molecule has 1 heterocycles. The number of aliphatic hydroxyl groups is 1. The molecule has 0 aliphatic carbocycles. The van der Waals surface area contributed by atoms with E-state index < -0.39 is 23.3 Å². The largest absolute Gasteiger partial charge is 1.00 e. The number of rotatable bonds is 5. The number of hydrogen-bond donors (Lipinski definition) is 3. The first kappa shape index (κ1) is 23.2. The van der Waals surface area contributed by atoms with Gasteiger partial charge in [-0.25, -0.2) is 4.99 Å². The molecule has 116 valence electrons. The first-order chi connectivity index (χ1) is 9.40. The third kappa shape index (κ3) is 5.90. The minimum atomic E-state index is -1.15. The van der Waals surface area contributed by atoms with Gasteiger partial charge in [0.15, 0.2) is 0 Å². The molecule has 0 aromatic carbocycles. The van der Waals surface area contributed by atoms with E-state index in [4.69, 9.17) is 5.11 Å². The Balaban J connectivity index is 0. The first-order valence-electron chi connectivity index (χ1n) is 6.73. The van der Waals surface area contributed by atoms with Crippen LogP contribution in [0.5, 0.6) is 0 Å². The number of nitrogens with one attached hydrogen (secondary N) is 1. The van der Waals surface area contributed by atoms with Crippen molar-refractivity contribution in [1.82, 2.24) is 5.32 Å². The summed E-state index contributed by atoms with van der Waals surface area (Å²) in [5.41, 5.74) is -1.15. The van der Waals surface area contributed by atoms with Gasteiger partial charge in [0.2, 0.25) is 5.91 Å². The fraction of sp³-hybridized carbons (Fsp3) is 0.769. The Morgan fingerprint density at radius 1 is 1.43 bits per heavy atom. The van der Waals surface area contributed by atoms with Gasteiger partial charge in [-0.2, -0.15) is 12.6 Å². The van der Waals surface area contributed by atoms with Crippen molar-refractivity contribution in [3.63, 3.8) is 0 Å². The van der Waals surface area contributed by atoms with Crippen molar-refractivity contribution in [3.8, 4) is 0 Å². The van der Waals surface area contributed by atoms with Crippen LogP contribution < -0.4 is 40.0 Å². The first-order valence-corrected chi connectivity index (χ1v) is 7.37. The number of amides is 2. The van der Waals surface area contributed by atoms with Crippen LogP contribution in [0.4, 0.5) is 0 Å². The molecule has 0 saturated carbocycles. The summed E-state index contributed by atoms with van der Waals surface area (Å²) in [5, 5.41) is 20.9. The maximum atomic E-state index is 11.9. The average Bonchev–Trinajstić information content (AvgIpc) is 2.39. The molecule has 6 nitrogen and oxygen atoms in total. The Morgan fingerprint density at radius 2 is 1.95 bits per heavy atom. The number of carbonyl (C=O) groups is 2. The van der Waals surface area contributed by atoms with Crippen molar-refractivity contribution in [3.05, 3.63) is 0 Å². The van der Waals surface area contributed by atoms with Crippen molar-refractivity contribution in [1.29, 1.82) is 0 Å². The molecule has 2 amide bonds. The second-order valence-corrected chi connectivity index (χ2v) is 5.09. The third-order valence-electron chi connectivity index (χ3n) is 3.43. The van der Waals surface area contributed by atoms with Gasteiger partial charge in [-0.1, -0.05) is 27.2 Å². The van der Waals surface area contributed by atoms with E-state index in [1.807, 2.05) is 13.8 Å². The average molecular weight is 326 g/mol. The van der Waals surface area contributed by atoms with Gasteiger partial charge in [-0.3, -0.25) is 9.59 Å². The molecule has 1 rings (SSSR count). The molecule has 0 aromatic rings.